The van der Waals surface area contributed by atoms with Gasteiger partial charge in [-0.25, -0.2) is 9.37 Å². The number of nitrogens with two attached hydrogens (primary N) is 1. The number of aryl methyl sites for hydroxylation is 1. The van der Waals surface area contributed by atoms with Crippen molar-refractivity contribution in [2.45, 2.75) is 6.92 Å². The maximum absolute atomic E-state index is 14.1. The fraction of sp³-hybridized carbons (Fsp3) is 0.0667. The van der Waals surface area contributed by atoms with Crippen molar-refractivity contribution in [3.63, 3.8) is 0 Å². The van der Waals surface area contributed by atoms with Gasteiger partial charge in [-0.15, -0.1) is 0 Å². The summed E-state index contributed by atoms with van der Waals surface area (Å²) < 4.78 is 14.1. The van der Waals surface area contributed by atoms with Crippen molar-refractivity contribution >= 4 is 28.2 Å². The van der Waals surface area contributed by atoms with Crippen molar-refractivity contribution in [1.82, 2.24) is 9.97 Å². The second kappa shape index (κ2) is 4.72. The summed E-state index contributed by atoms with van der Waals surface area (Å²) in [4.78, 5) is 8.47. The zero-order valence-corrected chi connectivity index (χ0v) is 11.4. The molecule has 0 unspecified atom stereocenters. The van der Waals surface area contributed by atoms with E-state index < -0.39 is 5.82 Å². The molecule has 1 aromatic carbocycles. The molecule has 20 heavy (non-hydrogen) atoms. The Balaban J connectivity index is 2.29. The third-order valence-electron chi connectivity index (χ3n) is 3.18. The number of anilines is 1. The van der Waals surface area contributed by atoms with Gasteiger partial charge in [-0.3, -0.25) is 4.98 Å². The summed E-state index contributed by atoms with van der Waals surface area (Å²) in [5.41, 5.74) is 8.32. The molecule has 0 bridgehead atoms. The first-order valence-electron chi connectivity index (χ1n) is 6.03. The van der Waals surface area contributed by atoms with E-state index in [-0.39, 0.29) is 5.69 Å². The predicted molar refractivity (Wildman–Crippen MR) is 79.1 cm³/mol. The molecule has 0 amide bonds. The van der Waals surface area contributed by atoms with Crippen LogP contribution >= 0.6 is 11.6 Å². The lowest BCUT2D eigenvalue weighted by Crippen LogP contribution is -1.96. The number of hydrogen-bond donors (Lipinski definition) is 1. The molecular weight excluding hydrogens is 277 g/mol. The zero-order chi connectivity index (χ0) is 14.3. The van der Waals surface area contributed by atoms with E-state index in [0.29, 0.717) is 22.0 Å². The summed E-state index contributed by atoms with van der Waals surface area (Å²) in [6.45, 7) is 1.83. The molecule has 2 heterocycles. The van der Waals surface area contributed by atoms with Crippen LogP contribution in [0.3, 0.4) is 0 Å². The van der Waals surface area contributed by atoms with Crippen molar-refractivity contribution < 1.29 is 4.39 Å². The summed E-state index contributed by atoms with van der Waals surface area (Å²) in [6.07, 6.45) is 1.62. The molecule has 0 saturated heterocycles. The number of aromatic nitrogens is 2. The normalized spacial score (nSPS) is 10.9. The van der Waals surface area contributed by atoms with Crippen LogP contribution in [0.5, 0.6) is 0 Å². The standard InChI is InChI=1S/C15H11ClFN3/c1-8-11(10-3-2-4-12(18)15(10)17)5-9-7-19-14(16)6-13(9)20-8/h2-7H,18H2,1H3. The first kappa shape index (κ1) is 12.8. The number of nitrogens with zero attached hydrogens (tertiary/aromatic N) is 2. The van der Waals surface area contributed by atoms with Crippen molar-refractivity contribution in [1.29, 1.82) is 0 Å². The van der Waals surface area contributed by atoms with Crippen LogP contribution in [-0.2, 0) is 0 Å². The summed E-state index contributed by atoms with van der Waals surface area (Å²) in [7, 11) is 0. The largest absolute Gasteiger partial charge is 0.396 e. The quantitative estimate of drug-likeness (QED) is 0.544. The molecule has 2 aromatic heterocycles. The van der Waals surface area contributed by atoms with Crippen LogP contribution in [-0.4, -0.2) is 9.97 Å². The van der Waals surface area contributed by atoms with Crippen LogP contribution < -0.4 is 5.73 Å². The lowest BCUT2D eigenvalue weighted by atomic mass is 10.0. The molecule has 100 valence electrons. The van der Waals surface area contributed by atoms with E-state index in [0.717, 1.165) is 10.9 Å². The molecule has 3 rings (SSSR count). The molecule has 0 fully saturated rings. The van der Waals surface area contributed by atoms with E-state index in [4.69, 9.17) is 17.3 Å². The van der Waals surface area contributed by atoms with Crippen LogP contribution in [0.2, 0.25) is 5.15 Å². The number of rotatable bonds is 1. The molecule has 0 saturated carbocycles. The van der Waals surface area contributed by atoms with Crippen LogP contribution in [0.25, 0.3) is 22.0 Å². The average molecular weight is 288 g/mol. The van der Waals surface area contributed by atoms with E-state index in [2.05, 4.69) is 9.97 Å². The van der Waals surface area contributed by atoms with Crippen molar-refractivity contribution in [3.05, 3.63) is 53.2 Å². The van der Waals surface area contributed by atoms with Crippen LogP contribution in [0.4, 0.5) is 10.1 Å². The van der Waals surface area contributed by atoms with E-state index in [9.17, 15) is 4.39 Å². The number of nitrogen functional groups attached to an aromatic ring is 1. The fourth-order valence-electron chi connectivity index (χ4n) is 2.17. The molecule has 3 aromatic rings. The maximum atomic E-state index is 14.1. The second-order valence-electron chi connectivity index (χ2n) is 4.53. The lowest BCUT2D eigenvalue weighted by Gasteiger charge is -2.10. The van der Waals surface area contributed by atoms with Crippen molar-refractivity contribution in [3.8, 4) is 11.1 Å². The molecule has 0 aliphatic carbocycles. The first-order valence-corrected chi connectivity index (χ1v) is 6.41. The molecule has 0 aliphatic rings. The van der Waals surface area contributed by atoms with Gasteiger partial charge in [0.25, 0.3) is 0 Å². The highest BCUT2D eigenvalue weighted by atomic mass is 35.5. The Morgan fingerprint density at radius 1 is 1.20 bits per heavy atom. The van der Waals surface area contributed by atoms with E-state index in [1.807, 2.05) is 13.0 Å². The van der Waals surface area contributed by atoms with Gasteiger partial charge in [0, 0.05) is 34.5 Å². The molecule has 0 radical (unpaired) electrons. The van der Waals surface area contributed by atoms with Gasteiger partial charge in [-0.2, -0.15) is 0 Å². The summed E-state index contributed by atoms with van der Waals surface area (Å²) in [5.74, 6) is -0.432. The topological polar surface area (TPSA) is 51.8 Å². The SMILES string of the molecule is Cc1nc2cc(Cl)ncc2cc1-c1cccc(N)c1F. The molecule has 0 aliphatic heterocycles. The molecule has 0 atom stereocenters. The number of pyridine rings is 2. The Labute approximate surface area is 120 Å². The molecular formula is C15H11ClFN3. The molecule has 3 nitrogen and oxygen atoms in total. The van der Waals surface area contributed by atoms with Crippen molar-refractivity contribution in [2.24, 2.45) is 0 Å². The Hall–Kier alpha value is -2.20. The van der Waals surface area contributed by atoms with Crippen LogP contribution in [0, 0.1) is 12.7 Å². The van der Waals surface area contributed by atoms with E-state index >= 15 is 0 Å². The zero-order valence-electron chi connectivity index (χ0n) is 10.7. The van der Waals surface area contributed by atoms with E-state index in [1.54, 1.807) is 24.4 Å². The number of fused-ring (bicyclic) bond motifs is 1. The highest BCUT2D eigenvalue weighted by Crippen LogP contribution is 2.30. The Morgan fingerprint density at radius 2 is 2.00 bits per heavy atom. The highest BCUT2D eigenvalue weighted by molar-refractivity contribution is 6.30. The van der Waals surface area contributed by atoms with E-state index in [1.165, 1.54) is 6.07 Å². The lowest BCUT2D eigenvalue weighted by molar-refractivity contribution is 0.636. The Kier molecular flexibility index (Phi) is 3.03. The smallest absolute Gasteiger partial charge is 0.153 e. The van der Waals surface area contributed by atoms with Gasteiger partial charge in [0.15, 0.2) is 5.82 Å². The predicted octanol–water partition coefficient (Wildman–Crippen LogP) is 3.98. The average Bonchev–Trinajstić information content (AvgIpc) is 2.41. The maximum Gasteiger partial charge on any atom is 0.153 e. The van der Waals surface area contributed by atoms with Gasteiger partial charge in [-0.05, 0) is 19.1 Å². The van der Waals surface area contributed by atoms with Gasteiger partial charge in [0.05, 0.1) is 11.2 Å². The minimum absolute atomic E-state index is 0.122. The number of hydrogen-bond acceptors (Lipinski definition) is 3. The summed E-state index contributed by atoms with van der Waals surface area (Å²) in [6, 6.07) is 8.47. The number of halogens is 2. The molecule has 2 N–H and O–H groups in total. The molecule has 5 heteroatoms. The van der Waals surface area contributed by atoms with Gasteiger partial charge in [-0.1, -0.05) is 23.7 Å². The van der Waals surface area contributed by atoms with Crippen molar-refractivity contribution in [2.75, 3.05) is 5.73 Å². The minimum atomic E-state index is -0.432. The van der Waals surface area contributed by atoms with Gasteiger partial charge < -0.3 is 5.73 Å². The monoisotopic (exact) mass is 287 g/mol. The molecule has 0 spiro atoms. The third kappa shape index (κ3) is 2.08. The minimum Gasteiger partial charge on any atom is -0.396 e. The highest BCUT2D eigenvalue weighted by Gasteiger charge is 2.12. The van der Waals surface area contributed by atoms with Gasteiger partial charge in [0.1, 0.15) is 5.15 Å². The first-order chi connectivity index (χ1) is 9.56. The third-order valence-corrected chi connectivity index (χ3v) is 3.38. The van der Waals surface area contributed by atoms with Crippen LogP contribution in [0.1, 0.15) is 5.69 Å². The van der Waals surface area contributed by atoms with Gasteiger partial charge >= 0.3 is 0 Å². The fourth-order valence-corrected chi connectivity index (χ4v) is 2.32. The Bertz CT molecular complexity index is 818. The van der Waals surface area contributed by atoms with Gasteiger partial charge in [0.2, 0.25) is 0 Å². The summed E-state index contributed by atoms with van der Waals surface area (Å²) in [5, 5.41) is 1.18. The second-order valence-corrected chi connectivity index (χ2v) is 4.92. The van der Waals surface area contributed by atoms with Crippen LogP contribution in [0.15, 0.2) is 36.5 Å². The number of benzene rings is 1. The summed E-state index contributed by atoms with van der Waals surface area (Å²) >= 11 is 5.85. The Morgan fingerprint density at radius 3 is 2.80 bits per heavy atom.